The quantitative estimate of drug-likeness (QED) is 0.654. The highest BCUT2D eigenvalue weighted by atomic mass is 32.2. The number of hydrogen-bond donors (Lipinski definition) is 3. The normalized spacial score (nSPS) is 14.8. The Morgan fingerprint density at radius 2 is 1.66 bits per heavy atom. The predicted octanol–water partition coefficient (Wildman–Crippen LogP) is 1.47. The third-order valence-corrected chi connectivity index (χ3v) is 6.07. The summed E-state index contributed by atoms with van der Waals surface area (Å²) >= 11 is 0. The number of nitrogens with one attached hydrogen (secondary N) is 3. The highest BCUT2D eigenvalue weighted by Crippen LogP contribution is 2.20. The van der Waals surface area contributed by atoms with Crippen LogP contribution in [0.2, 0.25) is 0 Å². The molecule has 10 heteroatoms. The van der Waals surface area contributed by atoms with Gasteiger partial charge in [0.25, 0.3) is 0 Å². The summed E-state index contributed by atoms with van der Waals surface area (Å²) in [6.45, 7) is 1.14. The molecule has 0 aliphatic carbocycles. The van der Waals surface area contributed by atoms with Gasteiger partial charge in [0.05, 0.1) is 24.7 Å². The fourth-order valence-corrected chi connectivity index (χ4v) is 4.19. The minimum atomic E-state index is -3.63. The number of ether oxygens (including phenoxy) is 1. The molecule has 1 aliphatic rings. The summed E-state index contributed by atoms with van der Waals surface area (Å²) < 4.78 is 32.0. The number of urea groups is 1. The van der Waals surface area contributed by atoms with E-state index in [1.807, 2.05) is 6.07 Å². The van der Waals surface area contributed by atoms with Crippen LogP contribution in [0.3, 0.4) is 0 Å². The lowest BCUT2D eigenvalue weighted by Gasteiger charge is -2.26. The molecule has 1 saturated heterocycles. The molecule has 0 atom stereocenters. The van der Waals surface area contributed by atoms with Crippen molar-refractivity contribution in [2.45, 2.75) is 4.90 Å². The van der Waals surface area contributed by atoms with Crippen LogP contribution in [0.5, 0.6) is 0 Å². The number of amides is 3. The standard InChI is InChI=1S/C19H22N4O5S/c24-18(22-19(25)21-15-5-2-1-3-6-15)14-20-16-7-4-8-17(13-16)29(26,27)23-9-11-28-12-10-23/h1-8,13,20H,9-12,14H2,(H2,21,22,24,25). The van der Waals surface area contributed by atoms with E-state index in [-0.39, 0.29) is 11.4 Å². The largest absolute Gasteiger partial charge is 0.379 e. The first kappa shape index (κ1) is 20.8. The molecule has 154 valence electrons. The SMILES string of the molecule is O=C(CNc1cccc(S(=O)(=O)N2CCOCC2)c1)NC(=O)Nc1ccccc1. The van der Waals surface area contributed by atoms with Gasteiger partial charge in [-0.25, -0.2) is 13.2 Å². The molecular formula is C19H22N4O5S. The van der Waals surface area contributed by atoms with Crippen molar-refractivity contribution in [3.63, 3.8) is 0 Å². The number of anilines is 2. The second-order valence-electron chi connectivity index (χ2n) is 6.27. The van der Waals surface area contributed by atoms with E-state index in [0.717, 1.165) is 0 Å². The minimum Gasteiger partial charge on any atom is -0.379 e. The molecule has 3 N–H and O–H groups in total. The number of carbonyl (C=O) groups is 2. The van der Waals surface area contributed by atoms with Crippen molar-refractivity contribution in [3.05, 3.63) is 54.6 Å². The van der Waals surface area contributed by atoms with Gasteiger partial charge in [-0.3, -0.25) is 10.1 Å². The average Bonchev–Trinajstić information content (AvgIpc) is 2.74. The topological polar surface area (TPSA) is 117 Å². The second kappa shape index (κ2) is 9.50. The van der Waals surface area contributed by atoms with E-state index >= 15 is 0 Å². The van der Waals surface area contributed by atoms with Gasteiger partial charge in [-0.2, -0.15) is 4.31 Å². The maximum absolute atomic E-state index is 12.7. The lowest BCUT2D eigenvalue weighted by Crippen LogP contribution is -2.40. The highest BCUT2D eigenvalue weighted by molar-refractivity contribution is 7.89. The molecule has 1 fully saturated rings. The number of hydrogen-bond acceptors (Lipinski definition) is 6. The fraction of sp³-hybridized carbons (Fsp3) is 0.263. The Bertz CT molecular complexity index is 960. The Morgan fingerprint density at radius 3 is 2.38 bits per heavy atom. The fourth-order valence-electron chi connectivity index (χ4n) is 2.74. The van der Waals surface area contributed by atoms with E-state index < -0.39 is 22.0 Å². The maximum Gasteiger partial charge on any atom is 0.325 e. The zero-order valence-electron chi connectivity index (χ0n) is 15.6. The summed E-state index contributed by atoms with van der Waals surface area (Å²) in [5.41, 5.74) is 1.02. The highest BCUT2D eigenvalue weighted by Gasteiger charge is 2.26. The van der Waals surface area contributed by atoms with Crippen molar-refractivity contribution in [3.8, 4) is 0 Å². The van der Waals surface area contributed by atoms with Crippen LogP contribution in [0.1, 0.15) is 0 Å². The molecular weight excluding hydrogens is 396 g/mol. The van der Waals surface area contributed by atoms with Crippen LogP contribution in [0, 0.1) is 0 Å². The summed E-state index contributed by atoms with van der Waals surface area (Å²) in [6, 6.07) is 14.3. The Hall–Kier alpha value is -2.95. The van der Waals surface area contributed by atoms with Gasteiger partial charge in [0.2, 0.25) is 15.9 Å². The van der Waals surface area contributed by atoms with Crippen molar-refractivity contribution < 1.29 is 22.7 Å². The van der Waals surface area contributed by atoms with E-state index in [1.165, 1.54) is 16.4 Å². The number of rotatable bonds is 6. The van der Waals surface area contributed by atoms with E-state index in [4.69, 9.17) is 4.74 Å². The van der Waals surface area contributed by atoms with E-state index in [9.17, 15) is 18.0 Å². The minimum absolute atomic E-state index is 0.131. The zero-order chi connectivity index (χ0) is 20.7. The Balaban J connectivity index is 1.55. The molecule has 29 heavy (non-hydrogen) atoms. The molecule has 2 aromatic carbocycles. The molecule has 0 saturated carbocycles. The summed E-state index contributed by atoms with van der Waals surface area (Å²) in [4.78, 5) is 23.9. The first-order chi connectivity index (χ1) is 13.9. The van der Waals surface area contributed by atoms with Gasteiger partial charge in [-0.1, -0.05) is 24.3 Å². The van der Waals surface area contributed by atoms with Gasteiger partial charge in [-0.05, 0) is 30.3 Å². The number of sulfonamides is 1. The van der Waals surface area contributed by atoms with E-state index in [2.05, 4.69) is 16.0 Å². The van der Waals surface area contributed by atoms with Gasteiger partial charge in [-0.15, -0.1) is 0 Å². The third-order valence-electron chi connectivity index (χ3n) is 4.18. The molecule has 0 aromatic heterocycles. The van der Waals surface area contributed by atoms with Crippen molar-refractivity contribution >= 4 is 33.3 Å². The van der Waals surface area contributed by atoms with Gasteiger partial charge < -0.3 is 15.4 Å². The Labute approximate surface area is 169 Å². The van der Waals surface area contributed by atoms with Crippen molar-refractivity contribution in [2.75, 3.05) is 43.5 Å². The molecule has 0 unspecified atom stereocenters. The lowest BCUT2D eigenvalue weighted by atomic mass is 10.3. The first-order valence-corrected chi connectivity index (χ1v) is 10.5. The van der Waals surface area contributed by atoms with Crippen LogP contribution < -0.4 is 16.0 Å². The Morgan fingerprint density at radius 1 is 0.966 bits per heavy atom. The summed E-state index contributed by atoms with van der Waals surface area (Å²) in [5, 5.41) is 7.58. The van der Waals surface area contributed by atoms with E-state index in [0.29, 0.717) is 37.7 Å². The zero-order valence-corrected chi connectivity index (χ0v) is 16.4. The molecule has 0 bridgehead atoms. The number of benzene rings is 2. The molecule has 2 aromatic rings. The summed E-state index contributed by atoms with van der Waals surface area (Å²) in [5.74, 6) is -0.556. The Kier molecular flexibility index (Phi) is 6.81. The second-order valence-corrected chi connectivity index (χ2v) is 8.20. The van der Waals surface area contributed by atoms with Crippen molar-refractivity contribution in [1.29, 1.82) is 0 Å². The number of nitrogens with zero attached hydrogens (tertiary/aromatic N) is 1. The number of carbonyl (C=O) groups excluding carboxylic acids is 2. The average molecular weight is 418 g/mol. The molecule has 1 aliphatic heterocycles. The van der Waals surface area contributed by atoms with Crippen LogP contribution in [-0.2, 0) is 19.6 Å². The first-order valence-electron chi connectivity index (χ1n) is 9.03. The van der Waals surface area contributed by atoms with Gasteiger partial charge in [0, 0.05) is 24.5 Å². The van der Waals surface area contributed by atoms with Gasteiger partial charge in [0.15, 0.2) is 0 Å². The van der Waals surface area contributed by atoms with Crippen LogP contribution in [0.15, 0.2) is 59.5 Å². The van der Waals surface area contributed by atoms with Crippen LogP contribution in [0.25, 0.3) is 0 Å². The summed E-state index contributed by atoms with van der Waals surface area (Å²) in [7, 11) is -3.63. The lowest BCUT2D eigenvalue weighted by molar-refractivity contribution is -0.118. The van der Waals surface area contributed by atoms with Crippen LogP contribution in [-0.4, -0.2) is 57.5 Å². The van der Waals surface area contributed by atoms with Crippen LogP contribution >= 0.6 is 0 Å². The van der Waals surface area contributed by atoms with Gasteiger partial charge in [0.1, 0.15) is 0 Å². The molecule has 1 heterocycles. The van der Waals surface area contributed by atoms with Crippen molar-refractivity contribution in [1.82, 2.24) is 9.62 Å². The van der Waals surface area contributed by atoms with Crippen molar-refractivity contribution in [2.24, 2.45) is 0 Å². The number of morpholine rings is 1. The maximum atomic E-state index is 12.7. The monoisotopic (exact) mass is 418 g/mol. The van der Waals surface area contributed by atoms with Gasteiger partial charge >= 0.3 is 6.03 Å². The smallest absolute Gasteiger partial charge is 0.325 e. The number of para-hydroxylation sites is 1. The molecule has 3 amide bonds. The summed E-state index contributed by atoms with van der Waals surface area (Å²) in [6.07, 6.45) is 0. The predicted molar refractivity (Wildman–Crippen MR) is 108 cm³/mol. The van der Waals surface area contributed by atoms with E-state index in [1.54, 1.807) is 36.4 Å². The third kappa shape index (κ3) is 5.76. The number of imide groups is 1. The van der Waals surface area contributed by atoms with Crippen LogP contribution in [0.4, 0.5) is 16.2 Å². The molecule has 9 nitrogen and oxygen atoms in total. The molecule has 0 spiro atoms. The molecule has 3 rings (SSSR count). The molecule has 0 radical (unpaired) electrons.